The van der Waals surface area contributed by atoms with Crippen LogP contribution in [0, 0.1) is 0 Å². The molecule has 0 aliphatic heterocycles. The summed E-state index contributed by atoms with van der Waals surface area (Å²) < 4.78 is 0. The highest BCUT2D eigenvalue weighted by Gasteiger charge is 2.10. The fraction of sp³-hybridized carbons (Fsp3) is 0.111. The minimum atomic E-state index is 0.860. The van der Waals surface area contributed by atoms with Crippen LogP contribution in [0.25, 0.3) is 0 Å². The van der Waals surface area contributed by atoms with Gasteiger partial charge in [0, 0.05) is 31.5 Å². The molecule has 0 fully saturated rings. The maximum atomic E-state index is 4.38. The van der Waals surface area contributed by atoms with Gasteiger partial charge in [-0.25, -0.2) is 9.97 Å². The molecule has 22 heavy (non-hydrogen) atoms. The van der Waals surface area contributed by atoms with E-state index in [-0.39, 0.29) is 0 Å². The monoisotopic (exact) mass is 290 g/mol. The molecule has 0 amide bonds. The Bertz CT molecular complexity index is 668. The highest BCUT2D eigenvalue weighted by Crippen LogP contribution is 2.26. The largest absolute Gasteiger partial charge is 0.329 e. The average Bonchev–Trinajstić information content (AvgIpc) is 2.62. The van der Waals surface area contributed by atoms with E-state index < -0.39 is 0 Å². The lowest BCUT2D eigenvalue weighted by Gasteiger charge is -2.22. The van der Waals surface area contributed by atoms with Crippen molar-refractivity contribution in [2.75, 3.05) is 23.9 Å². The molecule has 4 nitrogen and oxygen atoms in total. The van der Waals surface area contributed by atoms with Gasteiger partial charge in [-0.3, -0.25) is 0 Å². The molecule has 0 aliphatic carbocycles. The van der Waals surface area contributed by atoms with Crippen molar-refractivity contribution in [3.05, 3.63) is 73.1 Å². The van der Waals surface area contributed by atoms with E-state index in [0.29, 0.717) is 0 Å². The highest BCUT2D eigenvalue weighted by atomic mass is 15.2. The van der Waals surface area contributed by atoms with E-state index in [0.717, 1.165) is 23.0 Å². The van der Waals surface area contributed by atoms with Crippen LogP contribution in [0.1, 0.15) is 0 Å². The first-order valence-electron chi connectivity index (χ1n) is 7.15. The molecule has 0 unspecified atom stereocenters. The number of para-hydroxylation sites is 2. The van der Waals surface area contributed by atoms with E-state index in [1.165, 1.54) is 0 Å². The Morgan fingerprint density at radius 1 is 0.636 bits per heavy atom. The molecule has 0 saturated carbocycles. The van der Waals surface area contributed by atoms with Gasteiger partial charge in [0.25, 0.3) is 0 Å². The Morgan fingerprint density at radius 2 is 1.05 bits per heavy atom. The number of anilines is 4. The molecule has 1 aromatic heterocycles. The quantitative estimate of drug-likeness (QED) is 0.726. The zero-order chi connectivity index (χ0) is 15.4. The Hall–Kier alpha value is -2.88. The molecule has 0 radical (unpaired) electrons. The van der Waals surface area contributed by atoms with Gasteiger partial charge in [0.15, 0.2) is 0 Å². The van der Waals surface area contributed by atoms with Gasteiger partial charge in [-0.15, -0.1) is 0 Å². The van der Waals surface area contributed by atoms with Crippen molar-refractivity contribution >= 4 is 23.0 Å². The Kier molecular flexibility index (Phi) is 4.01. The molecule has 0 spiro atoms. The number of hydrogen-bond donors (Lipinski definition) is 0. The summed E-state index contributed by atoms with van der Waals surface area (Å²) in [6.45, 7) is 0. The van der Waals surface area contributed by atoms with Gasteiger partial charge in [-0.2, -0.15) is 0 Å². The summed E-state index contributed by atoms with van der Waals surface area (Å²) in [5.41, 5.74) is 2.18. The van der Waals surface area contributed by atoms with E-state index in [1.54, 1.807) is 6.33 Å². The summed E-state index contributed by atoms with van der Waals surface area (Å²) in [7, 11) is 4.01. The van der Waals surface area contributed by atoms with Crippen molar-refractivity contribution < 1.29 is 0 Å². The van der Waals surface area contributed by atoms with Crippen LogP contribution in [-0.2, 0) is 0 Å². The molecule has 1 heterocycles. The van der Waals surface area contributed by atoms with Crippen molar-refractivity contribution in [1.82, 2.24) is 9.97 Å². The molecule has 3 aromatic rings. The second kappa shape index (κ2) is 6.26. The van der Waals surface area contributed by atoms with Crippen LogP contribution >= 0.6 is 0 Å². The fourth-order valence-electron chi connectivity index (χ4n) is 2.27. The standard InChI is InChI=1S/C18H18N4/c1-21(15-9-5-3-6-10-15)17-13-18(20-14-19-17)22(2)16-11-7-4-8-12-16/h3-14H,1-2H3. The lowest BCUT2D eigenvalue weighted by atomic mass is 10.3. The summed E-state index contributed by atoms with van der Waals surface area (Å²) in [5.74, 6) is 1.72. The van der Waals surface area contributed by atoms with E-state index >= 15 is 0 Å². The number of aromatic nitrogens is 2. The van der Waals surface area contributed by atoms with Gasteiger partial charge in [0.05, 0.1) is 0 Å². The van der Waals surface area contributed by atoms with Crippen molar-refractivity contribution in [2.24, 2.45) is 0 Å². The third-order valence-electron chi connectivity index (χ3n) is 3.61. The van der Waals surface area contributed by atoms with Gasteiger partial charge in [0.1, 0.15) is 18.0 Å². The molecule has 0 N–H and O–H groups in total. The predicted molar refractivity (Wildman–Crippen MR) is 91.0 cm³/mol. The van der Waals surface area contributed by atoms with Crippen LogP contribution in [0.15, 0.2) is 73.1 Å². The fourth-order valence-corrected chi connectivity index (χ4v) is 2.27. The first-order valence-corrected chi connectivity index (χ1v) is 7.15. The second-order valence-corrected chi connectivity index (χ2v) is 5.02. The second-order valence-electron chi connectivity index (χ2n) is 5.02. The smallest absolute Gasteiger partial charge is 0.138 e. The van der Waals surface area contributed by atoms with Crippen LogP contribution in [-0.4, -0.2) is 24.1 Å². The number of hydrogen-bond acceptors (Lipinski definition) is 4. The van der Waals surface area contributed by atoms with Gasteiger partial charge in [-0.05, 0) is 24.3 Å². The van der Waals surface area contributed by atoms with Crippen molar-refractivity contribution in [2.45, 2.75) is 0 Å². The predicted octanol–water partition coefficient (Wildman–Crippen LogP) is 4.01. The van der Waals surface area contributed by atoms with Crippen LogP contribution in [0.3, 0.4) is 0 Å². The van der Waals surface area contributed by atoms with Crippen LogP contribution in [0.4, 0.5) is 23.0 Å². The SMILES string of the molecule is CN(c1ccccc1)c1cc(N(C)c2ccccc2)ncn1. The van der Waals surface area contributed by atoms with Crippen LogP contribution in [0.5, 0.6) is 0 Å². The van der Waals surface area contributed by atoms with Gasteiger partial charge < -0.3 is 9.80 Å². The zero-order valence-electron chi connectivity index (χ0n) is 12.7. The molecule has 0 atom stereocenters. The van der Waals surface area contributed by atoms with E-state index in [1.807, 2.05) is 66.4 Å². The normalized spacial score (nSPS) is 10.3. The Balaban J connectivity index is 1.90. The summed E-state index contributed by atoms with van der Waals surface area (Å²) in [5, 5.41) is 0. The molecule has 2 aromatic carbocycles. The number of benzene rings is 2. The molecule has 4 heteroatoms. The third-order valence-corrected chi connectivity index (χ3v) is 3.61. The molecule has 0 bridgehead atoms. The molecule has 0 saturated heterocycles. The van der Waals surface area contributed by atoms with Gasteiger partial charge in [0.2, 0.25) is 0 Å². The minimum Gasteiger partial charge on any atom is -0.329 e. The molecular weight excluding hydrogens is 272 g/mol. The Morgan fingerprint density at radius 3 is 1.45 bits per heavy atom. The summed E-state index contributed by atoms with van der Waals surface area (Å²) >= 11 is 0. The van der Waals surface area contributed by atoms with E-state index in [4.69, 9.17) is 0 Å². The van der Waals surface area contributed by atoms with Crippen LogP contribution < -0.4 is 9.80 Å². The third kappa shape index (κ3) is 2.91. The highest BCUT2D eigenvalue weighted by molar-refractivity contribution is 5.65. The first-order chi connectivity index (χ1) is 10.8. The van der Waals surface area contributed by atoms with Gasteiger partial charge in [-0.1, -0.05) is 36.4 Å². The lowest BCUT2D eigenvalue weighted by molar-refractivity contribution is 1.04. The van der Waals surface area contributed by atoms with E-state index in [2.05, 4.69) is 34.2 Å². The number of rotatable bonds is 4. The van der Waals surface area contributed by atoms with Gasteiger partial charge >= 0.3 is 0 Å². The molecule has 0 aliphatic rings. The minimum absolute atomic E-state index is 0.860. The summed E-state index contributed by atoms with van der Waals surface area (Å²) in [4.78, 5) is 12.9. The summed E-state index contributed by atoms with van der Waals surface area (Å²) in [6.07, 6.45) is 1.60. The average molecular weight is 290 g/mol. The Labute approximate surface area is 130 Å². The lowest BCUT2D eigenvalue weighted by Crippen LogP contribution is -2.15. The molecular formula is C18H18N4. The molecule has 3 rings (SSSR count). The maximum Gasteiger partial charge on any atom is 0.138 e. The van der Waals surface area contributed by atoms with E-state index in [9.17, 15) is 0 Å². The van der Waals surface area contributed by atoms with Crippen molar-refractivity contribution in [3.8, 4) is 0 Å². The van der Waals surface area contributed by atoms with Crippen molar-refractivity contribution in [1.29, 1.82) is 0 Å². The number of nitrogens with zero attached hydrogens (tertiary/aromatic N) is 4. The topological polar surface area (TPSA) is 32.3 Å². The summed E-state index contributed by atoms with van der Waals surface area (Å²) in [6, 6.07) is 22.3. The molecule has 110 valence electrons. The first kappa shape index (κ1) is 14.1. The van der Waals surface area contributed by atoms with Crippen molar-refractivity contribution in [3.63, 3.8) is 0 Å². The maximum absolute atomic E-state index is 4.38. The van der Waals surface area contributed by atoms with Crippen LogP contribution in [0.2, 0.25) is 0 Å². The zero-order valence-corrected chi connectivity index (χ0v) is 12.7.